The lowest BCUT2D eigenvalue weighted by molar-refractivity contribution is -0.139. The van der Waals surface area contributed by atoms with Crippen LogP contribution < -0.4 is 14.8 Å². The van der Waals surface area contributed by atoms with Crippen LogP contribution in [-0.2, 0) is 27.9 Å². The largest absolute Gasteiger partial charge is 0.508 e. The third kappa shape index (κ3) is 4.35. The molecule has 3 aliphatic rings. The van der Waals surface area contributed by atoms with E-state index in [1.54, 1.807) is 19.2 Å². The Kier molecular flexibility index (Phi) is 6.26. The van der Waals surface area contributed by atoms with Crippen LogP contribution in [0.4, 0.5) is 4.79 Å². The van der Waals surface area contributed by atoms with Crippen molar-refractivity contribution in [3.63, 3.8) is 0 Å². The van der Waals surface area contributed by atoms with E-state index in [0.717, 1.165) is 30.8 Å². The topological polar surface area (TPSA) is 118 Å². The Morgan fingerprint density at radius 1 is 1.25 bits per heavy atom. The highest BCUT2D eigenvalue weighted by Crippen LogP contribution is 2.55. The van der Waals surface area contributed by atoms with Crippen LogP contribution in [0.15, 0.2) is 48.6 Å². The second-order valence-corrected chi connectivity index (χ2v) is 9.71. The fraction of sp³-hybridized carbons (Fsp3) is 0.407. The molecule has 9 nitrogen and oxygen atoms in total. The number of nitrogens with zero attached hydrogens (tertiary/aromatic N) is 1. The van der Waals surface area contributed by atoms with Gasteiger partial charge in [0.1, 0.15) is 24.0 Å². The first-order chi connectivity index (χ1) is 17.3. The third-order valence-corrected chi connectivity index (χ3v) is 7.35. The monoisotopic (exact) mass is 494 g/mol. The molecular formula is C27H30N2O7. The molecule has 1 amide bonds. The van der Waals surface area contributed by atoms with Crippen LogP contribution in [0.3, 0.4) is 0 Å². The molecule has 2 aliphatic heterocycles. The molecule has 190 valence electrons. The zero-order chi connectivity index (χ0) is 25.4. The summed E-state index contributed by atoms with van der Waals surface area (Å²) in [7, 11) is 3.73. The summed E-state index contributed by atoms with van der Waals surface area (Å²) in [6.45, 7) is 1.71. The van der Waals surface area contributed by atoms with Crippen LogP contribution in [0, 0.1) is 0 Å². The number of benzene rings is 2. The van der Waals surface area contributed by atoms with E-state index in [4.69, 9.17) is 14.2 Å². The van der Waals surface area contributed by atoms with Gasteiger partial charge in [0.05, 0.1) is 12.5 Å². The maximum absolute atomic E-state index is 12.7. The summed E-state index contributed by atoms with van der Waals surface area (Å²) in [4.78, 5) is 26.7. The molecule has 0 radical (unpaired) electrons. The number of hydrogen-bond acceptors (Lipinski definition) is 7. The zero-order valence-electron chi connectivity index (χ0n) is 20.3. The van der Waals surface area contributed by atoms with Crippen molar-refractivity contribution in [1.82, 2.24) is 10.2 Å². The molecule has 3 N–H and O–H groups in total. The molecule has 36 heavy (non-hydrogen) atoms. The molecule has 1 spiro atoms. The lowest BCUT2D eigenvalue weighted by Crippen LogP contribution is -2.46. The number of alkyl carbamates (subject to hydrolysis) is 1. The molecule has 0 fully saturated rings. The molecule has 0 aromatic heterocycles. The highest BCUT2D eigenvalue weighted by atomic mass is 16.6. The van der Waals surface area contributed by atoms with Crippen molar-refractivity contribution in [2.75, 3.05) is 20.7 Å². The van der Waals surface area contributed by atoms with Crippen molar-refractivity contribution < 1.29 is 34.0 Å². The number of aliphatic carboxylic acids is 1. The molecule has 0 saturated carbocycles. The number of carbonyl (C=O) groups excluding carboxylic acids is 1. The Balaban J connectivity index is 1.31. The van der Waals surface area contributed by atoms with Crippen molar-refractivity contribution in [3.05, 3.63) is 65.2 Å². The SMILES string of the molecule is COc1ccc2c3c1O[C@H]1C[C@@H](OC(=O)N[C@H](Cc4ccc(O)cc4)C(=O)O)C=C[C@@]31CCN(C)C2. The summed E-state index contributed by atoms with van der Waals surface area (Å²) in [5.41, 5.74) is 2.69. The quantitative estimate of drug-likeness (QED) is 0.525. The van der Waals surface area contributed by atoms with Crippen molar-refractivity contribution in [2.24, 2.45) is 0 Å². The minimum atomic E-state index is -1.17. The third-order valence-electron chi connectivity index (χ3n) is 7.35. The highest BCUT2D eigenvalue weighted by molar-refractivity contribution is 5.80. The van der Waals surface area contributed by atoms with Gasteiger partial charge in [-0.2, -0.15) is 0 Å². The summed E-state index contributed by atoms with van der Waals surface area (Å²) < 4.78 is 17.6. The van der Waals surface area contributed by atoms with E-state index < -0.39 is 24.2 Å². The average Bonchev–Trinajstić information content (AvgIpc) is 3.11. The maximum atomic E-state index is 12.7. The minimum absolute atomic E-state index is 0.0610. The van der Waals surface area contributed by atoms with Crippen LogP contribution in [0.1, 0.15) is 29.5 Å². The molecule has 5 rings (SSSR count). The number of carboxylic acids is 1. The van der Waals surface area contributed by atoms with Gasteiger partial charge in [-0.1, -0.05) is 24.3 Å². The molecule has 0 unspecified atom stereocenters. The Hall–Kier alpha value is -3.72. The summed E-state index contributed by atoms with van der Waals surface area (Å²) in [6, 6.07) is 9.03. The fourth-order valence-electron chi connectivity index (χ4n) is 5.53. The van der Waals surface area contributed by atoms with Crippen molar-refractivity contribution >= 4 is 12.1 Å². The lowest BCUT2D eigenvalue weighted by Gasteiger charge is -2.36. The van der Waals surface area contributed by atoms with Gasteiger partial charge in [-0.05, 0) is 55.4 Å². The van der Waals surface area contributed by atoms with Gasteiger partial charge in [-0.3, -0.25) is 0 Å². The molecule has 9 heteroatoms. The molecule has 4 atom stereocenters. The Morgan fingerprint density at radius 2 is 2.03 bits per heavy atom. The van der Waals surface area contributed by atoms with Crippen LogP contribution in [0.25, 0.3) is 0 Å². The molecular weight excluding hydrogens is 464 g/mol. The van der Waals surface area contributed by atoms with Crippen LogP contribution >= 0.6 is 0 Å². The van der Waals surface area contributed by atoms with Crippen LogP contribution in [0.5, 0.6) is 17.2 Å². The molecule has 2 heterocycles. The van der Waals surface area contributed by atoms with E-state index in [1.165, 1.54) is 17.7 Å². The smallest absolute Gasteiger partial charge is 0.408 e. The molecule has 1 aliphatic carbocycles. The molecule has 2 aromatic rings. The van der Waals surface area contributed by atoms with Crippen molar-refractivity contribution in [1.29, 1.82) is 0 Å². The van der Waals surface area contributed by atoms with Crippen LogP contribution in [0.2, 0.25) is 0 Å². The van der Waals surface area contributed by atoms with Gasteiger partial charge in [-0.15, -0.1) is 0 Å². The molecule has 2 aromatic carbocycles. The number of amides is 1. The second-order valence-electron chi connectivity index (χ2n) is 9.71. The number of ether oxygens (including phenoxy) is 3. The van der Waals surface area contributed by atoms with Gasteiger partial charge in [0.25, 0.3) is 0 Å². The second kappa shape index (κ2) is 9.39. The predicted molar refractivity (Wildman–Crippen MR) is 130 cm³/mol. The summed E-state index contributed by atoms with van der Waals surface area (Å²) in [5.74, 6) is 0.357. The predicted octanol–water partition coefficient (Wildman–Crippen LogP) is 2.99. The van der Waals surface area contributed by atoms with Gasteiger partial charge < -0.3 is 34.6 Å². The number of aromatic hydroxyl groups is 1. The van der Waals surface area contributed by atoms with E-state index in [2.05, 4.69) is 29.4 Å². The first kappa shape index (κ1) is 24.0. The first-order valence-electron chi connectivity index (χ1n) is 12.0. The van der Waals surface area contributed by atoms with Gasteiger partial charge in [-0.25, -0.2) is 9.59 Å². The minimum Gasteiger partial charge on any atom is -0.508 e. The Labute approximate surface area is 209 Å². The van der Waals surface area contributed by atoms with Gasteiger partial charge in [0.15, 0.2) is 11.5 Å². The summed E-state index contributed by atoms with van der Waals surface area (Å²) >= 11 is 0. The van der Waals surface area contributed by atoms with E-state index in [0.29, 0.717) is 17.7 Å². The number of carbonyl (C=O) groups is 2. The highest BCUT2D eigenvalue weighted by Gasteiger charge is 2.53. The van der Waals surface area contributed by atoms with E-state index in [-0.39, 0.29) is 23.7 Å². The summed E-state index contributed by atoms with van der Waals surface area (Å²) in [5, 5.41) is 21.5. The van der Waals surface area contributed by atoms with Crippen molar-refractivity contribution in [2.45, 2.75) is 49.5 Å². The summed E-state index contributed by atoms with van der Waals surface area (Å²) in [6.07, 6.45) is 3.76. The molecule has 0 saturated heterocycles. The average molecular weight is 495 g/mol. The number of nitrogens with one attached hydrogen (secondary N) is 1. The van der Waals surface area contributed by atoms with E-state index in [9.17, 15) is 19.8 Å². The molecule has 0 bridgehead atoms. The number of phenols is 1. The van der Waals surface area contributed by atoms with Crippen molar-refractivity contribution in [3.8, 4) is 17.2 Å². The lowest BCUT2D eigenvalue weighted by atomic mass is 9.69. The van der Waals surface area contributed by atoms with Gasteiger partial charge in [0, 0.05) is 24.9 Å². The van der Waals surface area contributed by atoms with E-state index in [1.807, 2.05) is 12.1 Å². The first-order valence-corrected chi connectivity index (χ1v) is 12.0. The zero-order valence-corrected chi connectivity index (χ0v) is 20.3. The Morgan fingerprint density at radius 3 is 2.75 bits per heavy atom. The van der Waals surface area contributed by atoms with Gasteiger partial charge >= 0.3 is 12.1 Å². The Bertz CT molecular complexity index is 1200. The van der Waals surface area contributed by atoms with Crippen LogP contribution in [-0.4, -0.2) is 66.1 Å². The normalized spacial score (nSPS) is 25.1. The number of phenolic OH excluding ortho intramolecular Hbond substituents is 1. The standard InChI is InChI=1S/C27H30N2O7/c1-29-12-11-27-10-9-19(14-22(27)36-24-21(34-2)8-5-17(15-29)23(24)27)35-26(33)28-20(25(31)32)13-16-3-6-18(30)7-4-16/h3-10,19-20,22,30H,11-15H2,1-2H3,(H,28,33)(H,31,32)/t19-,20+,22-,27-/m0/s1. The fourth-order valence-corrected chi connectivity index (χ4v) is 5.53. The number of carboxylic acid groups (broad SMARTS) is 1. The number of methoxy groups -OCH3 is 1. The number of hydrogen-bond donors (Lipinski definition) is 3. The maximum Gasteiger partial charge on any atom is 0.408 e. The van der Waals surface area contributed by atoms with Gasteiger partial charge in [0.2, 0.25) is 0 Å². The van der Waals surface area contributed by atoms with E-state index >= 15 is 0 Å². The number of rotatable bonds is 6.